The standard InChI is InChI=1S/C27H32N6.CH4/c1-33(2)26-23-8-4-6-10-25(23)31-27(32-26)30-22-13-11-19(12-14-22)16-28-17-20-15-21-7-3-5-9-24(21)29-18-20;/h3-10,15,18-19,22,28H,11-14,16-17H2,1-2H3,(H,30,31,32);1H4. The molecule has 6 nitrogen and oxygen atoms in total. The Hall–Kier alpha value is -3.25. The predicted molar refractivity (Wildman–Crippen MR) is 143 cm³/mol. The van der Waals surface area contributed by atoms with Crippen molar-refractivity contribution in [3.05, 3.63) is 66.4 Å². The van der Waals surface area contributed by atoms with Crippen molar-refractivity contribution in [1.82, 2.24) is 20.3 Å². The molecule has 0 unspecified atom stereocenters. The van der Waals surface area contributed by atoms with Crippen LogP contribution >= 0.6 is 0 Å². The maximum Gasteiger partial charge on any atom is 0.225 e. The summed E-state index contributed by atoms with van der Waals surface area (Å²) < 4.78 is 0. The van der Waals surface area contributed by atoms with Crippen LogP contribution in [0.2, 0.25) is 0 Å². The molecule has 1 saturated carbocycles. The van der Waals surface area contributed by atoms with Gasteiger partial charge in [-0.1, -0.05) is 37.8 Å². The molecule has 6 heteroatoms. The summed E-state index contributed by atoms with van der Waals surface area (Å²) >= 11 is 0. The van der Waals surface area contributed by atoms with E-state index in [1.54, 1.807) is 0 Å². The first-order chi connectivity index (χ1) is 16.2. The first-order valence-corrected chi connectivity index (χ1v) is 11.9. The number of aromatic nitrogens is 3. The molecule has 4 aromatic rings. The smallest absolute Gasteiger partial charge is 0.225 e. The number of nitrogens with zero attached hydrogens (tertiary/aromatic N) is 4. The lowest BCUT2D eigenvalue weighted by Crippen LogP contribution is -2.31. The van der Waals surface area contributed by atoms with E-state index >= 15 is 0 Å². The van der Waals surface area contributed by atoms with Gasteiger partial charge in [0.15, 0.2) is 0 Å². The summed E-state index contributed by atoms with van der Waals surface area (Å²) in [7, 11) is 4.06. The zero-order valence-corrected chi connectivity index (χ0v) is 19.5. The third-order valence-electron chi connectivity index (χ3n) is 6.60. The van der Waals surface area contributed by atoms with Crippen molar-refractivity contribution in [3.63, 3.8) is 0 Å². The largest absolute Gasteiger partial charge is 0.362 e. The van der Waals surface area contributed by atoms with Crippen molar-refractivity contribution in [3.8, 4) is 0 Å². The van der Waals surface area contributed by atoms with Crippen molar-refractivity contribution in [1.29, 1.82) is 0 Å². The quantitative estimate of drug-likeness (QED) is 0.375. The molecule has 0 atom stereocenters. The summed E-state index contributed by atoms with van der Waals surface area (Å²) in [5.41, 5.74) is 3.29. The van der Waals surface area contributed by atoms with Gasteiger partial charge < -0.3 is 15.5 Å². The average molecular weight is 457 g/mol. The first-order valence-electron chi connectivity index (χ1n) is 11.9. The van der Waals surface area contributed by atoms with Gasteiger partial charge >= 0.3 is 0 Å². The zero-order chi connectivity index (χ0) is 22.6. The monoisotopic (exact) mass is 456 g/mol. The van der Waals surface area contributed by atoms with Crippen LogP contribution in [0.3, 0.4) is 0 Å². The number of nitrogens with one attached hydrogen (secondary N) is 2. The topological polar surface area (TPSA) is 66.0 Å². The second-order valence-corrected chi connectivity index (χ2v) is 9.31. The number of fused-ring (bicyclic) bond motifs is 2. The van der Waals surface area contributed by atoms with Gasteiger partial charge in [0.05, 0.1) is 11.0 Å². The van der Waals surface area contributed by atoms with Crippen LogP contribution in [0, 0.1) is 5.92 Å². The maximum absolute atomic E-state index is 4.80. The zero-order valence-electron chi connectivity index (χ0n) is 19.5. The number of anilines is 2. The minimum absolute atomic E-state index is 0. The summed E-state index contributed by atoms with van der Waals surface area (Å²) in [6.07, 6.45) is 6.72. The van der Waals surface area contributed by atoms with Crippen molar-refractivity contribution in [2.75, 3.05) is 30.9 Å². The van der Waals surface area contributed by atoms with Crippen molar-refractivity contribution >= 4 is 33.6 Å². The van der Waals surface area contributed by atoms with Gasteiger partial charge in [-0.3, -0.25) is 4.98 Å². The highest BCUT2D eigenvalue weighted by molar-refractivity contribution is 5.90. The van der Waals surface area contributed by atoms with Gasteiger partial charge in [0.1, 0.15) is 5.82 Å². The van der Waals surface area contributed by atoms with Gasteiger partial charge in [-0.2, -0.15) is 4.98 Å². The molecule has 0 amide bonds. The molecule has 34 heavy (non-hydrogen) atoms. The number of hydrogen-bond donors (Lipinski definition) is 2. The molecular formula is C28H36N6. The highest BCUT2D eigenvalue weighted by Gasteiger charge is 2.22. The second kappa shape index (κ2) is 10.8. The van der Waals surface area contributed by atoms with Gasteiger partial charge in [0.25, 0.3) is 0 Å². The second-order valence-electron chi connectivity index (χ2n) is 9.31. The fourth-order valence-corrected chi connectivity index (χ4v) is 4.79. The lowest BCUT2D eigenvalue weighted by molar-refractivity contribution is 0.324. The van der Waals surface area contributed by atoms with E-state index in [9.17, 15) is 0 Å². The minimum Gasteiger partial charge on any atom is -0.362 e. The number of pyridine rings is 1. The van der Waals surface area contributed by atoms with Crippen LogP contribution < -0.4 is 15.5 Å². The maximum atomic E-state index is 4.80. The summed E-state index contributed by atoms with van der Waals surface area (Å²) in [5, 5.41) is 9.55. The van der Waals surface area contributed by atoms with E-state index in [1.807, 2.05) is 38.5 Å². The minimum atomic E-state index is 0. The summed E-state index contributed by atoms with van der Waals surface area (Å²) in [5.74, 6) is 2.42. The van der Waals surface area contributed by atoms with Crippen molar-refractivity contribution in [2.24, 2.45) is 5.92 Å². The van der Waals surface area contributed by atoms with Gasteiger partial charge in [-0.15, -0.1) is 0 Å². The number of rotatable bonds is 7. The summed E-state index contributed by atoms with van der Waals surface area (Å²) in [4.78, 5) is 16.2. The Morgan fingerprint density at radius 1 is 0.912 bits per heavy atom. The highest BCUT2D eigenvalue weighted by Crippen LogP contribution is 2.28. The van der Waals surface area contributed by atoms with E-state index in [2.05, 4.69) is 56.9 Å². The first kappa shape index (κ1) is 23.9. The molecule has 0 saturated heterocycles. The fraction of sp³-hybridized carbons (Fsp3) is 0.393. The Balaban J connectivity index is 0.00000274. The molecule has 2 heterocycles. The predicted octanol–water partition coefficient (Wildman–Crippen LogP) is 5.64. The number of hydrogen-bond acceptors (Lipinski definition) is 6. The Morgan fingerprint density at radius 2 is 1.65 bits per heavy atom. The third kappa shape index (κ3) is 5.45. The molecule has 2 N–H and O–H groups in total. The third-order valence-corrected chi connectivity index (χ3v) is 6.60. The molecule has 0 radical (unpaired) electrons. The van der Waals surface area contributed by atoms with E-state index in [-0.39, 0.29) is 7.43 Å². The molecule has 178 valence electrons. The summed E-state index contributed by atoms with van der Waals surface area (Å²) in [6.45, 7) is 1.92. The van der Waals surface area contributed by atoms with Crippen LogP contribution in [0.15, 0.2) is 60.8 Å². The Labute approximate surface area is 202 Å². The van der Waals surface area contributed by atoms with Crippen LogP contribution in [0.25, 0.3) is 21.8 Å². The van der Waals surface area contributed by atoms with E-state index in [4.69, 9.17) is 9.97 Å². The van der Waals surface area contributed by atoms with Crippen LogP contribution in [-0.2, 0) is 6.54 Å². The molecule has 0 spiro atoms. The lowest BCUT2D eigenvalue weighted by Gasteiger charge is -2.29. The van der Waals surface area contributed by atoms with Crippen LogP contribution in [0.1, 0.15) is 38.7 Å². The van der Waals surface area contributed by atoms with Crippen molar-refractivity contribution in [2.45, 2.75) is 45.7 Å². The summed E-state index contributed by atoms with van der Waals surface area (Å²) in [6, 6.07) is 19.2. The molecule has 2 aromatic heterocycles. The van der Waals surface area contributed by atoms with E-state index < -0.39 is 0 Å². The highest BCUT2D eigenvalue weighted by atomic mass is 15.2. The number of para-hydroxylation sites is 2. The molecule has 1 fully saturated rings. The SMILES string of the molecule is C.CN(C)c1nc(NC2CCC(CNCc3cnc4ccccc4c3)CC2)nc2ccccc12. The average Bonchev–Trinajstić information content (AvgIpc) is 2.84. The molecule has 0 bridgehead atoms. The van der Waals surface area contributed by atoms with E-state index in [0.29, 0.717) is 12.0 Å². The van der Waals surface area contributed by atoms with Crippen LogP contribution in [-0.4, -0.2) is 41.6 Å². The van der Waals surface area contributed by atoms with Gasteiger partial charge in [-0.05, 0) is 68.0 Å². The molecule has 1 aliphatic rings. The molecule has 2 aromatic carbocycles. The Bertz CT molecular complexity index is 1230. The van der Waals surface area contributed by atoms with Gasteiger partial charge in [0.2, 0.25) is 5.95 Å². The normalized spacial score (nSPS) is 17.9. The Kier molecular flexibility index (Phi) is 7.58. The molecule has 5 rings (SSSR count). The Morgan fingerprint density at radius 3 is 2.44 bits per heavy atom. The van der Waals surface area contributed by atoms with Gasteiger partial charge in [-0.25, -0.2) is 4.98 Å². The molecule has 1 aliphatic carbocycles. The van der Waals surface area contributed by atoms with Crippen LogP contribution in [0.5, 0.6) is 0 Å². The van der Waals surface area contributed by atoms with E-state index in [1.165, 1.54) is 23.8 Å². The van der Waals surface area contributed by atoms with Crippen LogP contribution in [0.4, 0.5) is 11.8 Å². The number of benzene rings is 2. The van der Waals surface area contributed by atoms with E-state index in [0.717, 1.165) is 54.1 Å². The van der Waals surface area contributed by atoms with Gasteiger partial charge in [0, 0.05) is 43.7 Å². The molecule has 0 aliphatic heterocycles. The molecular weight excluding hydrogens is 420 g/mol. The van der Waals surface area contributed by atoms with Crippen molar-refractivity contribution < 1.29 is 0 Å². The lowest BCUT2D eigenvalue weighted by atomic mass is 9.86. The fourth-order valence-electron chi connectivity index (χ4n) is 4.79.